The first-order chi connectivity index (χ1) is 10.2. The van der Waals surface area contributed by atoms with E-state index >= 15 is 0 Å². The predicted molar refractivity (Wildman–Crippen MR) is 96.6 cm³/mol. The van der Waals surface area contributed by atoms with Gasteiger partial charge in [0.25, 0.3) is 0 Å². The zero-order valence-electron chi connectivity index (χ0n) is 13.0. The summed E-state index contributed by atoms with van der Waals surface area (Å²) in [4.78, 5) is 20.5. The van der Waals surface area contributed by atoms with Gasteiger partial charge in [0.1, 0.15) is 6.54 Å². The fourth-order valence-electron chi connectivity index (χ4n) is 2.56. The van der Waals surface area contributed by atoms with Gasteiger partial charge in [-0.2, -0.15) is 5.10 Å². The highest BCUT2D eigenvalue weighted by molar-refractivity contribution is 14.0. The molecule has 122 valence electrons. The Morgan fingerprint density at radius 1 is 1.45 bits per heavy atom. The lowest BCUT2D eigenvalue weighted by molar-refractivity contribution is -0.120. The summed E-state index contributed by atoms with van der Waals surface area (Å²) in [5.41, 5.74) is 0.864. The molecule has 0 unspecified atom stereocenters. The van der Waals surface area contributed by atoms with Crippen LogP contribution in [0.5, 0.6) is 0 Å². The van der Waals surface area contributed by atoms with Gasteiger partial charge in [-0.05, 0) is 18.8 Å². The Labute approximate surface area is 147 Å². The average molecular weight is 418 g/mol. The van der Waals surface area contributed by atoms with E-state index in [0.717, 1.165) is 30.7 Å². The highest BCUT2D eigenvalue weighted by atomic mass is 127. The summed E-state index contributed by atoms with van der Waals surface area (Å²) < 4.78 is 1.71. The lowest BCUT2D eigenvalue weighted by Gasteiger charge is -2.35. The van der Waals surface area contributed by atoms with Gasteiger partial charge in [0.2, 0.25) is 5.91 Å². The number of guanidine groups is 1. The van der Waals surface area contributed by atoms with Crippen LogP contribution in [0.2, 0.25) is 0 Å². The zero-order chi connectivity index (χ0) is 14.8. The molecule has 0 atom stereocenters. The van der Waals surface area contributed by atoms with Gasteiger partial charge < -0.3 is 15.1 Å². The highest BCUT2D eigenvalue weighted by Crippen LogP contribution is 2.27. The number of hydrogen-bond donors (Lipinski definition) is 1. The van der Waals surface area contributed by atoms with E-state index in [1.54, 1.807) is 22.8 Å². The Kier molecular flexibility index (Phi) is 5.65. The van der Waals surface area contributed by atoms with Gasteiger partial charge >= 0.3 is 0 Å². The fourth-order valence-corrected chi connectivity index (χ4v) is 2.56. The number of halogens is 1. The number of amides is 1. The first kappa shape index (κ1) is 17.0. The van der Waals surface area contributed by atoms with Crippen molar-refractivity contribution < 1.29 is 4.79 Å². The van der Waals surface area contributed by atoms with E-state index in [1.165, 1.54) is 12.8 Å². The second-order valence-corrected chi connectivity index (χ2v) is 5.71. The number of piperazine rings is 1. The maximum absolute atomic E-state index is 12.3. The number of nitrogens with zero attached hydrogens (tertiary/aromatic N) is 5. The molecule has 0 spiro atoms. The van der Waals surface area contributed by atoms with Crippen LogP contribution in [0.15, 0.2) is 17.4 Å². The van der Waals surface area contributed by atoms with Gasteiger partial charge in [-0.3, -0.25) is 14.5 Å². The first-order valence-corrected chi connectivity index (χ1v) is 7.42. The summed E-state index contributed by atoms with van der Waals surface area (Å²) >= 11 is 0. The van der Waals surface area contributed by atoms with E-state index in [2.05, 4.69) is 15.4 Å². The third-order valence-electron chi connectivity index (χ3n) is 3.98. The molecule has 2 fully saturated rings. The summed E-state index contributed by atoms with van der Waals surface area (Å²) in [5, 5.41) is 7.49. The topological polar surface area (TPSA) is 65.8 Å². The lowest BCUT2D eigenvalue weighted by atomic mass is 10.3. The van der Waals surface area contributed by atoms with Crippen LogP contribution in [-0.2, 0) is 11.8 Å². The van der Waals surface area contributed by atoms with Gasteiger partial charge in [-0.1, -0.05) is 0 Å². The minimum atomic E-state index is 0. The van der Waals surface area contributed by atoms with E-state index in [9.17, 15) is 4.79 Å². The number of anilines is 1. The molecule has 1 saturated carbocycles. The molecule has 1 aromatic rings. The maximum Gasteiger partial charge on any atom is 0.246 e. The Morgan fingerprint density at radius 2 is 2.23 bits per heavy atom. The molecule has 1 aromatic heterocycles. The van der Waals surface area contributed by atoms with Crippen molar-refractivity contribution in [1.29, 1.82) is 0 Å². The Morgan fingerprint density at radius 3 is 2.77 bits per heavy atom. The molecule has 2 heterocycles. The van der Waals surface area contributed by atoms with Crippen molar-refractivity contribution in [2.75, 3.05) is 38.1 Å². The van der Waals surface area contributed by atoms with E-state index < -0.39 is 0 Å². The maximum atomic E-state index is 12.3. The number of aromatic nitrogens is 2. The molecule has 2 aliphatic rings. The van der Waals surface area contributed by atoms with Crippen molar-refractivity contribution in [1.82, 2.24) is 20.0 Å². The number of aryl methyl sites for hydroxylation is 1. The van der Waals surface area contributed by atoms with Crippen LogP contribution in [-0.4, -0.2) is 59.8 Å². The van der Waals surface area contributed by atoms with E-state index in [4.69, 9.17) is 0 Å². The van der Waals surface area contributed by atoms with Crippen LogP contribution in [0.1, 0.15) is 12.8 Å². The van der Waals surface area contributed by atoms with Crippen LogP contribution < -0.4 is 10.2 Å². The van der Waals surface area contributed by atoms with Crippen molar-refractivity contribution in [3.8, 4) is 0 Å². The van der Waals surface area contributed by atoms with Crippen LogP contribution >= 0.6 is 24.0 Å². The number of carbonyl (C=O) groups is 1. The van der Waals surface area contributed by atoms with Gasteiger partial charge in [-0.25, -0.2) is 0 Å². The van der Waals surface area contributed by atoms with Crippen LogP contribution in [0.4, 0.5) is 5.69 Å². The average Bonchev–Trinajstić information content (AvgIpc) is 3.20. The monoisotopic (exact) mass is 418 g/mol. The second-order valence-electron chi connectivity index (χ2n) is 5.71. The molecule has 3 rings (SSSR count). The summed E-state index contributed by atoms with van der Waals surface area (Å²) in [7, 11) is 3.63. The molecule has 0 aromatic carbocycles. The molecule has 1 aliphatic carbocycles. The fraction of sp³-hybridized carbons (Fsp3) is 0.643. The third-order valence-corrected chi connectivity index (χ3v) is 3.98. The quantitative estimate of drug-likeness (QED) is 0.446. The van der Waals surface area contributed by atoms with Crippen molar-refractivity contribution in [3.05, 3.63) is 12.4 Å². The lowest BCUT2D eigenvalue weighted by Crippen LogP contribution is -2.55. The molecule has 1 saturated heterocycles. The van der Waals surface area contributed by atoms with E-state index in [0.29, 0.717) is 13.1 Å². The predicted octanol–water partition coefficient (Wildman–Crippen LogP) is 0.672. The molecular formula is C14H23IN6O. The molecule has 0 bridgehead atoms. The first-order valence-electron chi connectivity index (χ1n) is 7.42. The standard InChI is InChI=1S/C14H22N6O.HI/c1-15-14(16-7-11-3-4-11)19-5-6-20(13(21)10-19)12-8-17-18(2)9-12;/h8-9,11H,3-7,10H2,1-2H3,(H,15,16);1H. The molecule has 1 N–H and O–H groups in total. The number of rotatable bonds is 3. The van der Waals surface area contributed by atoms with E-state index in [-0.39, 0.29) is 29.9 Å². The van der Waals surface area contributed by atoms with Crippen molar-refractivity contribution in [3.63, 3.8) is 0 Å². The SMILES string of the molecule is CN=C(NCC1CC1)N1CCN(c2cnn(C)c2)C(=O)C1.I. The van der Waals surface area contributed by atoms with Crippen LogP contribution in [0.25, 0.3) is 0 Å². The molecular weight excluding hydrogens is 395 g/mol. The van der Waals surface area contributed by atoms with Gasteiger partial charge in [0.05, 0.1) is 11.9 Å². The Bertz CT molecular complexity index is 553. The van der Waals surface area contributed by atoms with Crippen molar-refractivity contribution in [2.24, 2.45) is 18.0 Å². The third kappa shape index (κ3) is 3.90. The zero-order valence-corrected chi connectivity index (χ0v) is 15.4. The number of hydrogen-bond acceptors (Lipinski definition) is 3. The molecule has 1 amide bonds. The molecule has 8 heteroatoms. The molecule has 0 radical (unpaired) electrons. The Balaban J connectivity index is 0.00000176. The van der Waals surface area contributed by atoms with Crippen molar-refractivity contribution >= 4 is 41.5 Å². The highest BCUT2D eigenvalue weighted by Gasteiger charge is 2.28. The summed E-state index contributed by atoms with van der Waals surface area (Å²) in [5.74, 6) is 1.71. The number of carbonyl (C=O) groups excluding carboxylic acids is 1. The minimum absolute atomic E-state index is 0. The van der Waals surface area contributed by atoms with Gasteiger partial charge in [0, 0.05) is 39.9 Å². The normalized spacial score (nSPS) is 19.2. The van der Waals surface area contributed by atoms with Gasteiger partial charge in [0.15, 0.2) is 5.96 Å². The van der Waals surface area contributed by atoms with Crippen LogP contribution in [0.3, 0.4) is 0 Å². The Hall–Kier alpha value is -1.32. The molecule has 22 heavy (non-hydrogen) atoms. The summed E-state index contributed by atoms with van der Waals surface area (Å²) in [6.45, 7) is 2.77. The molecule has 1 aliphatic heterocycles. The summed E-state index contributed by atoms with van der Waals surface area (Å²) in [6, 6.07) is 0. The second kappa shape index (κ2) is 7.30. The largest absolute Gasteiger partial charge is 0.356 e. The number of nitrogens with one attached hydrogen (secondary N) is 1. The van der Waals surface area contributed by atoms with Gasteiger partial charge in [-0.15, -0.1) is 24.0 Å². The number of aliphatic imine (C=N–C) groups is 1. The molecule has 7 nitrogen and oxygen atoms in total. The summed E-state index contributed by atoms with van der Waals surface area (Å²) in [6.07, 6.45) is 6.21. The smallest absolute Gasteiger partial charge is 0.246 e. The van der Waals surface area contributed by atoms with E-state index in [1.807, 2.05) is 18.1 Å². The van der Waals surface area contributed by atoms with Crippen molar-refractivity contribution in [2.45, 2.75) is 12.8 Å². The minimum Gasteiger partial charge on any atom is -0.356 e. The van der Waals surface area contributed by atoms with Crippen LogP contribution in [0, 0.1) is 5.92 Å².